The first-order valence-corrected chi connectivity index (χ1v) is 5.98. The van der Waals surface area contributed by atoms with E-state index in [4.69, 9.17) is 11.6 Å². The number of anilines is 1. The Balaban J connectivity index is 2.24. The average molecular weight is 214 g/mol. The van der Waals surface area contributed by atoms with Crippen LogP contribution in [0, 0.1) is 0 Å². The molecule has 1 N–H and O–H groups in total. The Hall–Kier alpha value is -0.340. The molecule has 0 unspecified atom stereocenters. The maximum absolute atomic E-state index is 5.69. The molecule has 0 amide bonds. The molecule has 0 atom stereocenters. The van der Waals surface area contributed by atoms with Crippen LogP contribution in [0.15, 0.2) is 23.1 Å². The fourth-order valence-corrected chi connectivity index (χ4v) is 2.55. The SMILES string of the molecule is ClCCc1ccc2c(c1)NCCS2. The van der Waals surface area contributed by atoms with Crippen LogP contribution in [-0.4, -0.2) is 18.2 Å². The van der Waals surface area contributed by atoms with Crippen LogP contribution in [-0.2, 0) is 6.42 Å². The second-order valence-electron chi connectivity index (χ2n) is 3.04. The van der Waals surface area contributed by atoms with E-state index in [1.807, 2.05) is 11.8 Å². The molecule has 0 radical (unpaired) electrons. The molecular weight excluding hydrogens is 202 g/mol. The largest absolute Gasteiger partial charge is 0.383 e. The molecule has 0 fully saturated rings. The molecule has 0 spiro atoms. The number of halogens is 1. The number of rotatable bonds is 2. The van der Waals surface area contributed by atoms with Gasteiger partial charge in [0.15, 0.2) is 0 Å². The minimum Gasteiger partial charge on any atom is -0.383 e. The number of benzene rings is 1. The van der Waals surface area contributed by atoms with Crippen LogP contribution < -0.4 is 5.32 Å². The predicted octanol–water partition coefficient (Wildman–Crippen LogP) is 2.99. The number of alkyl halides is 1. The zero-order chi connectivity index (χ0) is 9.10. The Morgan fingerprint density at radius 3 is 3.23 bits per heavy atom. The van der Waals surface area contributed by atoms with E-state index in [1.54, 1.807) is 0 Å². The summed E-state index contributed by atoms with van der Waals surface area (Å²) in [6.45, 7) is 1.07. The Morgan fingerprint density at radius 1 is 1.46 bits per heavy atom. The van der Waals surface area contributed by atoms with Gasteiger partial charge in [-0.15, -0.1) is 23.4 Å². The van der Waals surface area contributed by atoms with Crippen LogP contribution in [0.5, 0.6) is 0 Å². The summed E-state index contributed by atoms with van der Waals surface area (Å²) in [5.41, 5.74) is 2.60. The molecule has 1 aliphatic rings. The lowest BCUT2D eigenvalue weighted by molar-refractivity contribution is 1.11. The first-order chi connectivity index (χ1) is 6.40. The smallest absolute Gasteiger partial charge is 0.0481 e. The summed E-state index contributed by atoms with van der Waals surface area (Å²) in [6.07, 6.45) is 0.960. The third-order valence-corrected chi connectivity index (χ3v) is 3.37. The van der Waals surface area contributed by atoms with Gasteiger partial charge in [-0.2, -0.15) is 0 Å². The molecule has 0 bridgehead atoms. The summed E-state index contributed by atoms with van der Waals surface area (Å²) in [7, 11) is 0. The fourth-order valence-electron chi connectivity index (χ4n) is 1.45. The second-order valence-corrected chi connectivity index (χ2v) is 4.56. The molecule has 0 saturated carbocycles. The van der Waals surface area contributed by atoms with Crippen LogP contribution in [0.2, 0.25) is 0 Å². The van der Waals surface area contributed by atoms with Crippen molar-refractivity contribution in [1.29, 1.82) is 0 Å². The monoisotopic (exact) mass is 213 g/mol. The normalized spacial score (nSPS) is 14.8. The third-order valence-electron chi connectivity index (χ3n) is 2.10. The molecule has 0 saturated heterocycles. The minimum absolute atomic E-state index is 0.700. The summed E-state index contributed by atoms with van der Waals surface area (Å²) < 4.78 is 0. The third kappa shape index (κ3) is 2.12. The Kier molecular flexibility index (Phi) is 3.01. The van der Waals surface area contributed by atoms with Gasteiger partial charge < -0.3 is 5.32 Å². The van der Waals surface area contributed by atoms with E-state index in [2.05, 4.69) is 23.5 Å². The highest BCUT2D eigenvalue weighted by Gasteiger charge is 2.08. The van der Waals surface area contributed by atoms with Gasteiger partial charge in [0.1, 0.15) is 0 Å². The first kappa shape index (κ1) is 9.22. The van der Waals surface area contributed by atoms with Gasteiger partial charge in [-0.25, -0.2) is 0 Å². The van der Waals surface area contributed by atoms with E-state index in [0.29, 0.717) is 5.88 Å². The van der Waals surface area contributed by atoms with Crippen molar-refractivity contribution in [3.8, 4) is 0 Å². The summed E-state index contributed by atoms with van der Waals surface area (Å²) in [6, 6.07) is 6.57. The van der Waals surface area contributed by atoms with Crippen molar-refractivity contribution in [3.05, 3.63) is 23.8 Å². The van der Waals surface area contributed by atoms with Crippen molar-refractivity contribution in [2.45, 2.75) is 11.3 Å². The van der Waals surface area contributed by atoms with Gasteiger partial charge in [-0.1, -0.05) is 6.07 Å². The van der Waals surface area contributed by atoms with E-state index in [9.17, 15) is 0 Å². The Morgan fingerprint density at radius 2 is 2.38 bits per heavy atom. The first-order valence-electron chi connectivity index (χ1n) is 4.46. The molecule has 1 aromatic rings. The van der Waals surface area contributed by atoms with Gasteiger partial charge in [0.25, 0.3) is 0 Å². The molecule has 1 nitrogen and oxygen atoms in total. The van der Waals surface area contributed by atoms with Gasteiger partial charge >= 0.3 is 0 Å². The molecule has 1 aliphatic heterocycles. The minimum atomic E-state index is 0.700. The van der Waals surface area contributed by atoms with Crippen LogP contribution in [0.1, 0.15) is 5.56 Å². The van der Waals surface area contributed by atoms with Gasteiger partial charge in [0.05, 0.1) is 0 Å². The molecule has 0 aliphatic carbocycles. The molecule has 0 aromatic heterocycles. The highest BCUT2D eigenvalue weighted by Crippen LogP contribution is 2.31. The Labute approximate surface area is 87.9 Å². The maximum Gasteiger partial charge on any atom is 0.0481 e. The number of thioether (sulfide) groups is 1. The number of nitrogens with one attached hydrogen (secondary N) is 1. The van der Waals surface area contributed by atoms with E-state index in [1.165, 1.54) is 21.9 Å². The summed E-state index contributed by atoms with van der Waals surface area (Å²) >= 11 is 7.61. The van der Waals surface area contributed by atoms with Crippen molar-refractivity contribution >= 4 is 29.1 Å². The van der Waals surface area contributed by atoms with Gasteiger partial charge in [0, 0.05) is 28.8 Å². The quantitative estimate of drug-likeness (QED) is 0.759. The lowest BCUT2D eigenvalue weighted by Gasteiger charge is -2.17. The highest BCUT2D eigenvalue weighted by molar-refractivity contribution is 7.99. The molecule has 2 rings (SSSR count). The van der Waals surface area contributed by atoms with E-state index in [0.717, 1.165) is 13.0 Å². The summed E-state index contributed by atoms with van der Waals surface area (Å²) in [5, 5.41) is 3.40. The summed E-state index contributed by atoms with van der Waals surface area (Å²) in [5.74, 6) is 1.87. The highest BCUT2D eigenvalue weighted by atomic mass is 35.5. The van der Waals surface area contributed by atoms with Crippen molar-refractivity contribution < 1.29 is 0 Å². The van der Waals surface area contributed by atoms with Gasteiger partial charge in [-0.3, -0.25) is 0 Å². The Bertz CT molecular complexity index is 301. The predicted molar refractivity (Wildman–Crippen MR) is 60.1 cm³/mol. The van der Waals surface area contributed by atoms with Crippen molar-refractivity contribution in [2.75, 3.05) is 23.5 Å². The van der Waals surface area contributed by atoms with Crippen LogP contribution in [0.4, 0.5) is 5.69 Å². The van der Waals surface area contributed by atoms with Crippen molar-refractivity contribution in [1.82, 2.24) is 0 Å². The number of hydrogen-bond donors (Lipinski definition) is 1. The average Bonchev–Trinajstić information content (AvgIpc) is 2.18. The lowest BCUT2D eigenvalue weighted by atomic mass is 10.1. The zero-order valence-corrected chi connectivity index (χ0v) is 8.92. The standard InChI is InChI=1S/C10H12ClNS/c11-4-3-8-1-2-10-9(7-8)12-5-6-13-10/h1-2,7,12H,3-6H2. The van der Waals surface area contributed by atoms with Crippen LogP contribution in [0.25, 0.3) is 0 Å². The van der Waals surface area contributed by atoms with E-state index in [-0.39, 0.29) is 0 Å². The zero-order valence-electron chi connectivity index (χ0n) is 7.35. The second kappa shape index (κ2) is 4.25. The molecule has 1 aromatic carbocycles. The topological polar surface area (TPSA) is 12.0 Å². The summed E-state index contributed by atoms with van der Waals surface area (Å²) in [4.78, 5) is 1.37. The van der Waals surface area contributed by atoms with Crippen LogP contribution in [0.3, 0.4) is 0 Å². The van der Waals surface area contributed by atoms with Gasteiger partial charge in [0.2, 0.25) is 0 Å². The van der Waals surface area contributed by atoms with Crippen molar-refractivity contribution in [3.63, 3.8) is 0 Å². The molecule has 13 heavy (non-hydrogen) atoms. The van der Waals surface area contributed by atoms with E-state index >= 15 is 0 Å². The number of fused-ring (bicyclic) bond motifs is 1. The molecule has 1 heterocycles. The molecular formula is C10H12ClNS. The number of hydrogen-bond acceptors (Lipinski definition) is 2. The van der Waals surface area contributed by atoms with Crippen LogP contribution >= 0.6 is 23.4 Å². The van der Waals surface area contributed by atoms with E-state index < -0.39 is 0 Å². The number of aryl methyl sites for hydroxylation is 1. The molecule has 70 valence electrons. The van der Waals surface area contributed by atoms with Crippen molar-refractivity contribution in [2.24, 2.45) is 0 Å². The lowest BCUT2D eigenvalue weighted by Crippen LogP contribution is -2.10. The maximum atomic E-state index is 5.69. The fraction of sp³-hybridized carbons (Fsp3) is 0.400. The molecule has 3 heteroatoms. The van der Waals surface area contributed by atoms with Gasteiger partial charge in [-0.05, 0) is 24.1 Å².